The molecule has 0 aromatic heterocycles. The molecule has 1 aromatic rings. The molecule has 9 heteroatoms. The first kappa shape index (κ1) is 17.7. The summed E-state index contributed by atoms with van der Waals surface area (Å²) in [5, 5.41) is 9.07. The normalized spacial score (nSPS) is 11.4. The quantitative estimate of drug-likeness (QED) is 0.694. The highest BCUT2D eigenvalue weighted by Crippen LogP contribution is 2.31. The smallest absolute Gasteiger partial charge is 0.339 e. The third-order valence-electron chi connectivity index (χ3n) is 2.49. The van der Waals surface area contributed by atoms with Crippen LogP contribution in [0.1, 0.15) is 17.3 Å². The van der Waals surface area contributed by atoms with Gasteiger partial charge in [-0.25, -0.2) is 17.9 Å². The minimum Gasteiger partial charge on any atom is -0.494 e. The monoisotopic (exact) mass is 337 g/mol. The van der Waals surface area contributed by atoms with E-state index in [2.05, 4.69) is 4.72 Å². The Bertz CT molecular complexity index is 616. The second-order valence-corrected chi connectivity index (χ2v) is 6.06. The fourth-order valence-electron chi connectivity index (χ4n) is 1.61. The number of carboxylic acids is 1. The maximum Gasteiger partial charge on any atom is 0.339 e. The zero-order valence-electron chi connectivity index (χ0n) is 11.6. The molecule has 21 heavy (non-hydrogen) atoms. The Balaban J connectivity index is 3.19. The van der Waals surface area contributed by atoms with Gasteiger partial charge >= 0.3 is 5.97 Å². The zero-order chi connectivity index (χ0) is 16.0. The largest absolute Gasteiger partial charge is 0.494 e. The lowest BCUT2D eigenvalue weighted by molar-refractivity contribution is 0.0692. The Morgan fingerprint density at radius 3 is 2.62 bits per heavy atom. The number of rotatable bonds is 8. The molecule has 0 bridgehead atoms. The van der Waals surface area contributed by atoms with E-state index in [-0.39, 0.29) is 34.4 Å². The summed E-state index contributed by atoms with van der Waals surface area (Å²) >= 11 is 5.78. The minimum absolute atomic E-state index is 0.0154. The van der Waals surface area contributed by atoms with Crippen LogP contribution < -0.4 is 9.46 Å². The van der Waals surface area contributed by atoms with E-state index in [1.54, 1.807) is 6.92 Å². The van der Waals surface area contributed by atoms with E-state index in [1.807, 2.05) is 0 Å². The molecule has 0 aliphatic heterocycles. The Hall–Kier alpha value is -1.35. The lowest BCUT2D eigenvalue weighted by atomic mass is 10.2. The van der Waals surface area contributed by atoms with E-state index in [0.717, 1.165) is 12.1 Å². The maximum absolute atomic E-state index is 12.2. The molecule has 0 aliphatic rings. The van der Waals surface area contributed by atoms with Gasteiger partial charge in [-0.15, -0.1) is 0 Å². The molecule has 1 aromatic carbocycles. The SMILES string of the molecule is CCOCCNS(=O)(=O)c1cc(Cl)cc(C(=O)O)c1OC. The number of sulfonamides is 1. The third kappa shape index (κ3) is 4.57. The van der Waals surface area contributed by atoms with E-state index in [4.69, 9.17) is 26.2 Å². The lowest BCUT2D eigenvalue weighted by Crippen LogP contribution is -2.28. The first-order valence-corrected chi connectivity index (χ1v) is 7.87. The van der Waals surface area contributed by atoms with Crippen LogP contribution in [-0.2, 0) is 14.8 Å². The molecule has 0 atom stereocenters. The van der Waals surface area contributed by atoms with Gasteiger partial charge in [0.1, 0.15) is 10.5 Å². The van der Waals surface area contributed by atoms with E-state index in [1.165, 1.54) is 7.11 Å². The average molecular weight is 338 g/mol. The van der Waals surface area contributed by atoms with Gasteiger partial charge in [-0.05, 0) is 19.1 Å². The number of nitrogens with one attached hydrogen (secondary N) is 1. The maximum atomic E-state index is 12.2. The predicted octanol–water partition coefficient (Wildman–Crippen LogP) is 1.36. The van der Waals surface area contributed by atoms with Gasteiger partial charge in [-0.1, -0.05) is 11.6 Å². The number of carboxylic acid groups (broad SMARTS) is 1. The highest BCUT2D eigenvalue weighted by Gasteiger charge is 2.25. The number of aromatic carboxylic acids is 1. The lowest BCUT2D eigenvalue weighted by Gasteiger charge is -2.13. The third-order valence-corrected chi connectivity index (χ3v) is 4.17. The van der Waals surface area contributed by atoms with Crippen LogP contribution in [0.3, 0.4) is 0 Å². The fraction of sp³-hybridized carbons (Fsp3) is 0.417. The zero-order valence-corrected chi connectivity index (χ0v) is 13.1. The molecule has 1 rings (SSSR count). The first-order valence-electron chi connectivity index (χ1n) is 6.01. The molecular formula is C12H16ClNO6S. The number of ether oxygens (including phenoxy) is 2. The van der Waals surface area contributed by atoms with Crippen LogP contribution in [0, 0.1) is 0 Å². The van der Waals surface area contributed by atoms with Crippen molar-refractivity contribution in [3.8, 4) is 5.75 Å². The van der Waals surface area contributed by atoms with Gasteiger partial charge in [0.25, 0.3) is 0 Å². The summed E-state index contributed by atoms with van der Waals surface area (Å²) in [5.41, 5.74) is -0.324. The van der Waals surface area contributed by atoms with Crippen molar-refractivity contribution in [2.75, 3.05) is 26.9 Å². The van der Waals surface area contributed by atoms with Crippen molar-refractivity contribution in [2.24, 2.45) is 0 Å². The molecule has 0 fully saturated rings. The molecule has 2 N–H and O–H groups in total. The van der Waals surface area contributed by atoms with Crippen molar-refractivity contribution in [2.45, 2.75) is 11.8 Å². The average Bonchev–Trinajstić information content (AvgIpc) is 2.42. The van der Waals surface area contributed by atoms with Crippen molar-refractivity contribution in [1.82, 2.24) is 4.72 Å². The summed E-state index contributed by atoms with van der Waals surface area (Å²) in [6.07, 6.45) is 0. The van der Waals surface area contributed by atoms with Crippen molar-refractivity contribution < 1.29 is 27.8 Å². The number of carbonyl (C=O) groups is 1. The second kappa shape index (κ2) is 7.60. The summed E-state index contributed by atoms with van der Waals surface area (Å²) < 4.78 is 36.6. The Kier molecular flexibility index (Phi) is 6.41. The highest BCUT2D eigenvalue weighted by molar-refractivity contribution is 7.89. The Labute approximate surface area is 127 Å². The van der Waals surface area contributed by atoms with Crippen LogP contribution in [-0.4, -0.2) is 46.4 Å². The topological polar surface area (TPSA) is 102 Å². The van der Waals surface area contributed by atoms with Crippen LogP contribution in [0.15, 0.2) is 17.0 Å². The standard InChI is InChI=1S/C12H16ClNO6S/c1-3-20-5-4-14-21(17,18)10-7-8(13)6-9(12(15)16)11(10)19-2/h6-7,14H,3-5H2,1-2H3,(H,15,16). The summed E-state index contributed by atoms with van der Waals surface area (Å²) in [7, 11) is -2.78. The Morgan fingerprint density at radius 1 is 1.43 bits per heavy atom. The van der Waals surface area contributed by atoms with Crippen molar-refractivity contribution >= 4 is 27.6 Å². The molecule has 7 nitrogen and oxygen atoms in total. The first-order chi connectivity index (χ1) is 9.83. The van der Waals surface area contributed by atoms with Gasteiger partial charge in [0.05, 0.1) is 13.7 Å². The molecule has 118 valence electrons. The van der Waals surface area contributed by atoms with Crippen LogP contribution >= 0.6 is 11.6 Å². The Morgan fingerprint density at radius 2 is 2.10 bits per heavy atom. The van der Waals surface area contributed by atoms with Gasteiger partial charge in [0, 0.05) is 18.2 Å². The fourth-order valence-corrected chi connectivity index (χ4v) is 3.12. The van der Waals surface area contributed by atoms with Crippen LogP contribution in [0.4, 0.5) is 0 Å². The molecule has 0 spiro atoms. The molecule has 0 heterocycles. The second-order valence-electron chi connectivity index (χ2n) is 3.88. The van der Waals surface area contributed by atoms with Gasteiger partial charge in [-0.3, -0.25) is 0 Å². The van der Waals surface area contributed by atoms with E-state index in [0.29, 0.717) is 6.61 Å². The summed E-state index contributed by atoms with van der Waals surface area (Å²) in [6.45, 7) is 2.50. The molecule has 0 saturated carbocycles. The molecule has 0 aliphatic carbocycles. The summed E-state index contributed by atoms with van der Waals surface area (Å²) in [4.78, 5) is 10.8. The molecule has 0 saturated heterocycles. The van der Waals surface area contributed by atoms with Crippen LogP contribution in [0.5, 0.6) is 5.75 Å². The number of hydrogen-bond acceptors (Lipinski definition) is 5. The summed E-state index contributed by atoms with van der Waals surface area (Å²) in [6, 6.07) is 2.26. The molecular weight excluding hydrogens is 322 g/mol. The van der Waals surface area contributed by atoms with Gasteiger partial charge in [-0.2, -0.15) is 0 Å². The van der Waals surface area contributed by atoms with Gasteiger partial charge in [0.15, 0.2) is 5.75 Å². The number of hydrogen-bond donors (Lipinski definition) is 2. The van der Waals surface area contributed by atoms with Crippen molar-refractivity contribution in [3.63, 3.8) is 0 Å². The van der Waals surface area contributed by atoms with Gasteiger partial charge in [0.2, 0.25) is 10.0 Å². The molecule has 0 unspecified atom stereocenters. The number of halogens is 1. The van der Waals surface area contributed by atoms with Crippen LogP contribution in [0.25, 0.3) is 0 Å². The van der Waals surface area contributed by atoms with E-state index in [9.17, 15) is 13.2 Å². The van der Waals surface area contributed by atoms with E-state index < -0.39 is 16.0 Å². The number of methoxy groups -OCH3 is 1. The number of benzene rings is 1. The van der Waals surface area contributed by atoms with E-state index >= 15 is 0 Å². The summed E-state index contributed by atoms with van der Waals surface area (Å²) in [5.74, 6) is -1.60. The van der Waals surface area contributed by atoms with Crippen molar-refractivity contribution in [3.05, 3.63) is 22.7 Å². The molecule has 0 amide bonds. The van der Waals surface area contributed by atoms with Gasteiger partial charge < -0.3 is 14.6 Å². The minimum atomic E-state index is -3.96. The predicted molar refractivity (Wildman–Crippen MR) is 76.6 cm³/mol. The van der Waals surface area contributed by atoms with Crippen molar-refractivity contribution in [1.29, 1.82) is 0 Å². The molecule has 0 radical (unpaired) electrons. The van der Waals surface area contributed by atoms with Crippen LogP contribution in [0.2, 0.25) is 5.02 Å². The highest BCUT2D eigenvalue weighted by atomic mass is 35.5.